The lowest BCUT2D eigenvalue weighted by molar-refractivity contribution is -0.197. The highest BCUT2D eigenvalue weighted by Gasteiger charge is 2.47. The molecule has 0 radical (unpaired) electrons. The number of hydrogen-bond acceptors (Lipinski definition) is 3. The predicted octanol–water partition coefficient (Wildman–Crippen LogP) is 1.26. The summed E-state index contributed by atoms with van der Waals surface area (Å²) in [6.07, 6.45) is 0.480. The van der Waals surface area contributed by atoms with Crippen LogP contribution in [-0.4, -0.2) is 17.7 Å². The number of carboxylic acid groups (broad SMARTS) is 1. The minimum absolute atomic E-state index is 0.465. The lowest BCUT2D eigenvalue weighted by Gasteiger charge is -2.38. The molecule has 1 heterocycles. The third-order valence-corrected chi connectivity index (χ3v) is 2.63. The summed E-state index contributed by atoms with van der Waals surface area (Å²) >= 11 is 0. The van der Waals surface area contributed by atoms with E-state index < -0.39 is 11.6 Å². The van der Waals surface area contributed by atoms with Gasteiger partial charge in [0.05, 0.1) is 18.2 Å². The molecule has 4 heteroatoms. The van der Waals surface area contributed by atoms with E-state index in [-0.39, 0.29) is 0 Å². The summed E-state index contributed by atoms with van der Waals surface area (Å²) < 4.78 is 5.16. The highest BCUT2D eigenvalue weighted by Crippen LogP contribution is 2.37. The van der Waals surface area contributed by atoms with Crippen LogP contribution in [0.25, 0.3) is 0 Å². The smallest absolute Gasteiger partial charge is 0.340 e. The molecule has 1 fully saturated rings. The average molecular weight is 203 g/mol. The molecule has 76 valence electrons. The van der Waals surface area contributed by atoms with E-state index in [4.69, 9.17) is 15.1 Å². The van der Waals surface area contributed by atoms with Gasteiger partial charge in [0.15, 0.2) is 5.60 Å². The van der Waals surface area contributed by atoms with Gasteiger partial charge in [0, 0.05) is 6.42 Å². The van der Waals surface area contributed by atoms with Gasteiger partial charge in [0.25, 0.3) is 0 Å². The molecule has 15 heavy (non-hydrogen) atoms. The normalized spacial score (nSPS) is 23.9. The van der Waals surface area contributed by atoms with Gasteiger partial charge in [-0.15, -0.1) is 0 Å². The highest BCUT2D eigenvalue weighted by molar-refractivity contribution is 5.80. The van der Waals surface area contributed by atoms with Crippen LogP contribution in [0.15, 0.2) is 24.3 Å². The van der Waals surface area contributed by atoms with Gasteiger partial charge in [-0.2, -0.15) is 5.26 Å². The summed E-state index contributed by atoms with van der Waals surface area (Å²) in [5.41, 5.74) is -0.0765. The summed E-state index contributed by atoms with van der Waals surface area (Å²) in [6, 6.07) is 8.44. The number of nitrogens with zero attached hydrogens (tertiary/aromatic N) is 1. The Morgan fingerprint density at radius 3 is 2.40 bits per heavy atom. The molecule has 0 spiro atoms. The standard InChI is InChI=1S/C11H9NO3/c12-7-8-1-3-9(4-2-8)11(10(13)14)5-6-15-11/h1-4H,5-6H2,(H,13,14). The SMILES string of the molecule is N#Cc1ccc(C2(C(=O)O)CCO2)cc1. The van der Waals surface area contributed by atoms with Crippen LogP contribution in [-0.2, 0) is 15.1 Å². The first-order chi connectivity index (χ1) is 7.19. The predicted molar refractivity (Wildman–Crippen MR) is 51.0 cm³/mol. The Kier molecular flexibility index (Phi) is 2.18. The minimum Gasteiger partial charge on any atom is -0.479 e. The van der Waals surface area contributed by atoms with Crippen molar-refractivity contribution in [3.8, 4) is 6.07 Å². The van der Waals surface area contributed by atoms with Crippen molar-refractivity contribution in [3.05, 3.63) is 35.4 Å². The molecule has 1 N–H and O–H groups in total. The number of hydrogen-bond donors (Lipinski definition) is 1. The second-order valence-corrected chi connectivity index (χ2v) is 3.42. The first-order valence-electron chi connectivity index (χ1n) is 4.57. The van der Waals surface area contributed by atoms with Gasteiger partial charge in [-0.3, -0.25) is 0 Å². The molecule has 1 aromatic carbocycles. The van der Waals surface area contributed by atoms with Crippen LogP contribution in [0.4, 0.5) is 0 Å². The molecule has 0 amide bonds. The fraction of sp³-hybridized carbons (Fsp3) is 0.273. The Bertz CT molecular complexity index is 426. The first kappa shape index (κ1) is 9.69. The number of carbonyl (C=O) groups is 1. The van der Waals surface area contributed by atoms with Gasteiger partial charge < -0.3 is 9.84 Å². The van der Waals surface area contributed by atoms with Crippen LogP contribution in [0.2, 0.25) is 0 Å². The monoisotopic (exact) mass is 203 g/mol. The van der Waals surface area contributed by atoms with Crippen molar-refractivity contribution in [2.45, 2.75) is 12.0 Å². The maximum Gasteiger partial charge on any atom is 0.340 e. The fourth-order valence-corrected chi connectivity index (χ4v) is 1.64. The summed E-state index contributed by atoms with van der Waals surface area (Å²) in [7, 11) is 0. The molecule has 0 aromatic heterocycles. The van der Waals surface area contributed by atoms with E-state index in [1.54, 1.807) is 24.3 Å². The molecule has 4 nitrogen and oxygen atoms in total. The fourth-order valence-electron chi connectivity index (χ4n) is 1.64. The molecule has 1 aliphatic rings. The van der Waals surface area contributed by atoms with Crippen LogP contribution in [0, 0.1) is 11.3 Å². The molecule has 1 saturated heterocycles. The van der Waals surface area contributed by atoms with Crippen molar-refractivity contribution in [1.29, 1.82) is 5.26 Å². The molecule has 1 atom stereocenters. The topological polar surface area (TPSA) is 70.3 Å². The zero-order valence-electron chi connectivity index (χ0n) is 7.93. The molecule has 2 rings (SSSR count). The molecular formula is C11H9NO3. The third-order valence-electron chi connectivity index (χ3n) is 2.63. The highest BCUT2D eigenvalue weighted by atomic mass is 16.5. The van der Waals surface area contributed by atoms with Crippen molar-refractivity contribution in [2.24, 2.45) is 0 Å². The first-order valence-corrected chi connectivity index (χ1v) is 4.57. The van der Waals surface area contributed by atoms with Crippen molar-refractivity contribution in [2.75, 3.05) is 6.61 Å². The number of carboxylic acids is 1. The largest absolute Gasteiger partial charge is 0.479 e. The quantitative estimate of drug-likeness (QED) is 0.785. The summed E-state index contributed by atoms with van der Waals surface area (Å²) in [5, 5.41) is 17.7. The average Bonchev–Trinajstić information content (AvgIpc) is 2.16. The Morgan fingerprint density at radius 2 is 2.07 bits per heavy atom. The molecule has 0 bridgehead atoms. The molecule has 1 aliphatic heterocycles. The second-order valence-electron chi connectivity index (χ2n) is 3.42. The van der Waals surface area contributed by atoms with E-state index in [2.05, 4.69) is 0 Å². The van der Waals surface area contributed by atoms with E-state index >= 15 is 0 Å². The summed E-state index contributed by atoms with van der Waals surface area (Å²) in [4.78, 5) is 11.1. The lowest BCUT2D eigenvalue weighted by Crippen LogP contribution is -2.47. The molecule has 1 unspecified atom stereocenters. The maximum atomic E-state index is 11.1. The molecule has 0 aliphatic carbocycles. The zero-order chi connectivity index (χ0) is 10.9. The van der Waals surface area contributed by atoms with Crippen LogP contribution in [0.1, 0.15) is 17.5 Å². The van der Waals surface area contributed by atoms with Crippen LogP contribution < -0.4 is 0 Å². The van der Waals surface area contributed by atoms with E-state index in [1.165, 1.54) is 0 Å². The van der Waals surface area contributed by atoms with Crippen LogP contribution >= 0.6 is 0 Å². The van der Waals surface area contributed by atoms with Crippen molar-refractivity contribution in [1.82, 2.24) is 0 Å². The number of ether oxygens (including phenoxy) is 1. The minimum atomic E-state index is -1.19. The molecule has 1 aromatic rings. The molecule has 0 saturated carbocycles. The summed E-state index contributed by atoms with van der Waals surface area (Å²) in [5.74, 6) is -0.974. The van der Waals surface area contributed by atoms with E-state index in [1.807, 2.05) is 6.07 Å². The Hall–Kier alpha value is -1.86. The van der Waals surface area contributed by atoms with Crippen LogP contribution in [0.3, 0.4) is 0 Å². The van der Waals surface area contributed by atoms with Crippen molar-refractivity contribution in [3.63, 3.8) is 0 Å². The van der Waals surface area contributed by atoms with E-state index in [0.29, 0.717) is 24.2 Å². The Labute approximate surface area is 86.7 Å². The molecular weight excluding hydrogens is 194 g/mol. The van der Waals surface area contributed by atoms with Crippen LogP contribution in [0.5, 0.6) is 0 Å². The van der Waals surface area contributed by atoms with E-state index in [0.717, 1.165) is 0 Å². The van der Waals surface area contributed by atoms with Gasteiger partial charge >= 0.3 is 5.97 Å². The van der Waals surface area contributed by atoms with Crippen molar-refractivity contribution < 1.29 is 14.6 Å². The van der Waals surface area contributed by atoms with E-state index in [9.17, 15) is 4.79 Å². The maximum absolute atomic E-state index is 11.1. The van der Waals surface area contributed by atoms with Gasteiger partial charge in [0.1, 0.15) is 0 Å². The van der Waals surface area contributed by atoms with Gasteiger partial charge in [-0.25, -0.2) is 4.79 Å². The second kappa shape index (κ2) is 3.37. The lowest BCUT2D eigenvalue weighted by atomic mass is 9.86. The van der Waals surface area contributed by atoms with Crippen molar-refractivity contribution >= 4 is 5.97 Å². The number of nitriles is 1. The Morgan fingerprint density at radius 1 is 1.47 bits per heavy atom. The number of benzene rings is 1. The third kappa shape index (κ3) is 1.37. The Balaban J connectivity index is 2.36. The van der Waals surface area contributed by atoms with Gasteiger partial charge in [0.2, 0.25) is 0 Å². The number of aliphatic carboxylic acids is 1. The zero-order valence-corrected chi connectivity index (χ0v) is 7.93. The number of rotatable bonds is 2. The van der Waals surface area contributed by atoms with Gasteiger partial charge in [-0.05, 0) is 17.7 Å². The van der Waals surface area contributed by atoms with Gasteiger partial charge in [-0.1, -0.05) is 12.1 Å². The summed E-state index contributed by atoms with van der Waals surface area (Å²) in [6.45, 7) is 0.465.